The highest BCUT2D eigenvalue weighted by molar-refractivity contribution is 6.11. The Morgan fingerprint density at radius 1 is 0.383 bits per heavy atom. The van der Waals surface area contributed by atoms with Gasteiger partial charge in [-0.05, 0) is 141 Å². The molecule has 1 aliphatic carbocycles. The van der Waals surface area contributed by atoms with Crippen molar-refractivity contribution in [3.63, 3.8) is 0 Å². The number of hydrogen-bond acceptors (Lipinski definition) is 1. The van der Waals surface area contributed by atoms with Gasteiger partial charge in [0.2, 0.25) is 0 Å². The van der Waals surface area contributed by atoms with Crippen molar-refractivity contribution in [2.75, 3.05) is 4.90 Å². The summed E-state index contributed by atoms with van der Waals surface area (Å²) >= 11 is 0. The number of hydrogen-bond donors (Lipinski definition) is 0. The minimum Gasteiger partial charge on any atom is -0.310 e. The molecule has 10 aromatic carbocycles. The van der Waals surface area contributed by atoms with Crippen LogP contribution in [0.2, 0.25) is 0 Å². The van der Waals surface area contributed by atoms with Crippen molar-refractivity contribution in [3.05, 3.63) is 241 Å². The summed E-state index contributed by atoms with van der Waals surface area (Å²) in [5.74, 6) is 0. The maximum atomic E-state index is 2.48. The molecule has 12 rings (SSSR count). The third kappa shape index (κ3) is 5.21. The molecule has 0 saturated heterocycles. The third-order valence-corrected chi connectivity index (χ3v) is 13.0. The van der Waals surface area contributed by atoms with E-state index in [0.717, 1.165) is 22.7 Å². The summed E-state index contributed by atoms with van der Waals surface area (Å²) in [6.45, 7) is 2.42. The number of benzene rings is 10. The van der Waals surface area contributed by atoms with Crippen molar-refractivity contribution < 1.29 is 0 Å². The summed E-state index contributed by atoms with van der Waals surface area (Å²) in [6, 6.07) is 82.5. The van der Waals surface area contributed by atoms with Gasteiger partial charge in [0.25, 0.3) is 0 Å². The molecule has 0 saturated carbocycles. The summed E-state index contributed by atoms with van der Waals surface area (Å²) in [6.07, 6.45) is 0. The highest BCUT2D eigenvalue weighted by Crippen LogP contribution is 2.54. The van der Waals surface area contributed by atoms with Crippen molar-refractivity contribution in [2.24, 2.45) is 0 Å². The van der Waals surface area contributed by atoms with E-state index in [-0.39, 0.29) is 5.41 Å². The zero-order chi connectivity index (χ0) is 39.8. The van der Waals surface area contributed by atoms with Gasteiger partial charge in [-0.2, -0.15) is 0 Å². The summed E-state index contributed by atoms with van der Waals surface area (Å²) in [4.78, 5) is 2.37. The zero-order valence-corrected chi connectivity index (χ0v) is 33.3. The Morgan fingerprint density at radius 2 is 0.983 bits per heavy atom. The predicted molar refractivity (Wildman–Crippen MR) is 253 cm³/mol. The first-order valence-corrected chi connectivity index (χ1v) is 20.8. The van der Waals surface area contributed by atoms with E-state index in [2.05, 4.69) is 241 Å². The molecule has 1 aliphatic rings. The van der Waals surface area contributed by atoms with Crippen LogP contribution in [0, 0.1) is 0 Å². The molecule has 0 N–H and O–H groups in total. The van der Waals surface area contributed by atoms with E-state index in [9.17, 15) is 0 Å². The van der Waals surface area contributed by atoms with Crippen LogP contribution in [0.25, 0.3) is 71.3 Å². The molecule has 282 valence electrons. The highest BCUT2D eigenvalue weighted by atomic mass is 15.1. The molecule has 0 radical (unpaired) electrons. The molecular weight excluding hydrogens is 725 g/mol. The summed E-state index contributed by atoms with van der Waals surface area (Å²) in [5.41, 5.74) is 15.7. The molecule has 1 atom stereocenters. The summed E-state index contributed by atoms with van der Waals surface area (Å²) < 4.78 is 2.43. The fraction of sp³-hybridized carbons (Fsp3) is 0.0345. The smallest absolute Gasteiger partial charge is 0.0541 e. The number of anilines is 3. The van der Waals surface area contributed by atoms with Gasteiger partial charge in [0.1, 0.15) is 0 Å². The van der Waals surface area contributed by atoms with E-state index >= 15 is 0 Å². The topological polar surface area (TPSA) is 8.17 Å². The standard InChI is InChI=1S/C58H40N2/c1-58(53-25-13-12-24-49(53)50-35-41-16-8-9-17-42(41)37-54(50)58)44-30-34-57-52(38-44)51-36-43(29-33-56(51)60(57)46-21-6-3-7-22-46)39-27-31-47(32-28-39)59(45-19-4-2-5-20-45)55-26-14-18-40-15-10-11-23-48(40)55/h2-38H,1H3. The molecule has 0 bridgehead atoms. The Labute approximate surface area is 349 Å². The van der Waals surface area contributed by atoms with E-state index in [1.54, 1.807) is 0 Å². The van der Waals surface area contributed by atoms with Gasteiger partial charge >= 0.3 is 0 Å². The Kier molecular flexibility index (Phi) is 7.70. The van der Waals surface area contributed by atoms with Crippen LogP contribution in [0.15, 0.2) is 224 Å². The SMILES string of the molecule is CC1(c2ccc3c(c2)c2cc(-c4ccc(N(c5ccccc5)c5cccc6ccccc56)cc4)ccc2n3-c2ccccc2)c2ccccc2-c2cc3ccccc3cc21. The lowest BCUT2D eigenvalue weighted by Crippen LogP contribution is -2.22. The lowest BCUT2D eigenvalue weighted by Gasteiger charge is -2.29. The third-order valence-electron chi connectivity index (χ3n) is 13.0. The second-order valence-electron chi connectivity index (χ2n) is 16.3. The van der Waals surface area contributed by atoms with Crippen LogP contribution in [-0.4, -0.2) is 4.57 Å². The Morgan fingerprint density at radius 3 is 1.78 bits per heavy atom. The van der Waals surface area contributed by atoms with Crippen molar-refractivity contribution in [3.8, 4) is 27.9 Å². The zero-order valence-electron chi connectivity index (χ0n) is 33.3. The quantitative estimate of drug-likeness (QED) is 0.164. The van der Waals surface area contributed by atoms with Crippen molar-refractivity contribution in [1.29, 1.82) is 0 Å². The van der Waals surface area contributed by atoms with Crippen LogP contribution in [0.1, 0.15) is 23.6 Å². The van der Waals surface area contributed by atoms with E-state index in [1.165, 1.54) is 82.3 Å². The van der Waals surface area contributed by atoms with Crippen LogP contribution < -0.4 is 4.90 Å². The molecule has 1 heterocycles. The average molecular weight is 765 g/mol. The Hall–Kier alpha value is -7.68. The normalized spacial score (nSPS) is 14.5. The van der Waals surface area contributed by atoms with E-state index in [0.29, 0.717) is 0 Å². The number of rotatable bonds is 6. The molecule has 0 fully saturated rings. The lowest BCUT2D eigenvalue weighted by molar-refractivity contribution is 0.716. The minimum atomic E-state index is -0.326. The van der Waals surface area contributed by atoms with Gasteiger partial charge in [-0.25, -0.2) is 0 Å². The van der Waals surface area contributed by atoms with Crippen molar-refractivity contribution in [2.45, 2.75) is 12.3 Å². The number of fused-ring (bicyclic) bond motifs is 8. The van der Waals surface area contributed by atoms with Gasteiger partial charge in [0.05, 0.1) is 16.7 Å². The fourth-order valence-electron chi connectivity index (χ4n) is 10.1. The number of para-hydroxylation sites is 2. The Balaban J connectivity index is 1.02. The maximum Gasteiger partial charge on any atom is 0.0541 e. The van der Waals surface area contributed by atoms with Crippen LogP contribution in [0.3, 0.4) is 0 Å². The molecule has 0 spiro atoms. The monoisotopic (exact) mass is 764 g/mol. The molecule has 60 heavy (non-hydrogen) atoms. The van der Waals surface area contributed by atoms with E-state index < -0.39 is 0 Å². The summed E-state index contributed by atoms with van der Waals surface area (Å²) in [5, 5.41) is 7.49. The molecule has 2 nitrogen and oxygen atoms in total. The molecule has 11 aromatic rings. The lowest BCUT2D eigenvalue weighted by atomic mass is 9.73. The molecule has 2 heteroatoms. The number of aromatic nitrogens is 1. The number of nitrogens with zero attached hydrogens (tertiary/aromatic N) is 2. The maximum absolute atomic E-state index is 2.48. The second-order valence-corrected chi connectivity index (χ2v) is 16.3. The van der Waals surface area contributed by atoms with Crippen molar-refractivity contribution in [1.82, 2.24) is 4.57 Å². The van der Waals surface area contributed by atoms with Gasteiger partial charge in [0.15, 0.2) is 0 Å². The minimum absolute atomic E-state index is 0.326. The van der Waals surface area contributed by atoms with Gasteiger partial charge in [0, 0.05) is 38.6 Å². The average Bonchev–Trinajstić information content (AvgIpc) is 3.77. The predicted octanol–water partition coefficient (Wildman–Crippen LogP) is 15.6. The Bertz CT molecular complexity index is 3430. The first-order valence-electron chi connectivity index (χ1n) is 20.8. The van der Waals surface area contributed by atoms with Crippen LogP contribution in [0.5, 0.6) is 0 Å². The van der Waals surface area contributed by atoms with E-state index in [1.807, 2.05) is 0 Å². The molecular formula is C58H40N2. The first kappa shape index (κ1) is 34.4. The van der Waals surface area contributed by atoms with Crippen LogP contribution >= 0.6 is 0 Å². The molecule has 1 unspecified atom stereocenters. The molecule has 0 amide bonds. The van der Waals surface area contributed by atoms with Crippen LogP contribution in [0.4, 0.5) is 17.1 Å². The van der Waals surface area contributed by atoms with Crippen LogP contribution in [-0.2, 0) is 5.41 Å². The first-order chi connectivity index (χ1) is 29.6. The fourth-order valence-corrected chi connectivity index (χ4v) is 10.1. The summed E-state index contributed by atoms with van der Waals surface area (Å²) in [7, 11) is 0. The van der Waals surface area contributed by atoms with Gasteiger partial charge in [-0.1, -0.05) is 146 Å². The van der Waals surface area contributed by atoms with Gasteiger partial charge in [-0.3, -0.25) is 0 Å². The van der Waals surface area contributed by atoms with Gasteiger partial charge in [-0.15, -0.1) is 0 Å². The van der Waals surface area contributed by atoms with Crippen molar-refractivity contribution >= 4 is 60.4 Å². The molecule has 1 aromatic heterocycles. The second kappa shape index (κ2) is 13.4. The molecule has 0 aliphatic heterocycles. The van der Waals surface area contributed by atoms with E-state index in [4.69, 9.17) is 0 Å². The van der Waals surface area contributed by atoms with Gasteiger partial charge < -0.3 is 9.47 Å². The highest BCUT2D eigenvalue weighted by Gasteiger charge is 2.41. The largest absolute Gasteiger partial charge is 0.310 e.